The van der Waals surface area contributed by atoms with E-state index in [1.165, 1.54) is 22.0 Å². The summed E-state index contributed by atoms with van der Waals surface area (Å²) in [7, 11) is 0. The number of benzene rings is 1. The number of nitrogen functional groups attached to an aromatic ring is 1. The summed E-state index contributed by atoms with van der Waals surface area (Å²) in [5.74, 6) is 6.88. The Morgan fingerprint density at radius 3 is 2.73 bits per heavy atom. The highest BCUT2D eigenvalue weighted by Crippen LogP contribution is 2.21. The van der Waals surface area contributed by atoms with Gasteiger partial charge in [-0.25, -0.2) is 4.68 Å². The van der Waals surface area contributed by atoms with Crippen LogP contribution in [0.1, 0.15) is 25.3 Å². The minimum absolute atomic E-state index is 0.0154. The van der Waals surface area contributed by atoms with Gasteiger partial charge in [-0.1, -0.05) is 54.9 Å². The predicted octanol–water partition coefficient (Wildman–Crippen LogP) is 1.98. The lowest BCUT2D eigenvalue weighted by Crippen LogP contribution is -2.26. The van der Waals surface area contributed by atoms with Crippen LogP contribution >= 0.6 is 11.8 Å². The monoisotopic (exact) mass is 319 g/mol. The second-order valence-electron chi connectivity index (χ2n) is 5.03. The third-order valence-electron chi connectivity index (χ3n) is 3.16. The average molecular weight is 319 g/mol. The maximum atomic E-state index is 11.7. The Balaban J connectivity index is 1.96. The standard InChI is InChI=1S/C15H21N5OS/c1-3-4-9-17-13(21)10-22-15-19-18-14(20(15)16)12-7-5-11(2)6-8-12/h5-8H,3-4,9-10,16H2,1-2H3,(H,17,21). The van der Waals surface area contributed by atoms with E-state index in [1.807, 2.05) is 31.2 Å². The minimum atomic E-state index is -0.0154. The molecule has 2 aromatic rings. The number of carbonyl (C=O) groups is 1. The molecule has 0 fully saturated rings. The van der Waals surface area contributed by atoms with Crippen LogP contribution in [0.15, 0.2) is 29.4 Å². The van der Waals surface area contributed by atoms with Crippen LogP contribution in [0.4, 0.5) is 0 Å². The fourth-order valence-electron chi connectivity index (χ4n) is 1.86. The van der Waals surface area contributed by atoms with E-state index in [0.29, 0.717) is 17.5 Å². The number of hydrogen-bond acceptors (Lipinski definition) is 5. The van der Waals surface area contributed by atoms with Crippen molar-refractivity contribution in [1.29, 1.82) is 0 Å². The van der Waals surface area contributed by atoms with Crippen LogP contribution in [0.2, 0.25) is 0 Å². The zero-order valence-corrected chi connectivity index (χ0v) is 13.7. The van der Waals surface area contributed by atoms with E-state index in [0.717, 1.165) is 18.4 Å². The number of unbranched alkanes of at least 4 members (excludes halogenated alkanes) is 1. The quantitative estimate of drug-likeness (QED) is 0.463. The van der Waals surface area contributed by atoms with Crippen molar-refractivity contribution in [2.45, 2.75) is 31.8 Å². The lowest BCUT2D eigenvalue weighted by Gasteiger charge is -2.05. The summed E-state index contributed by atoms with van der Waals surface area (Å²) in [6.45, 7) is 4.82. The Labute approximate surface area is 134 Å². The summed E-state index contributed by atoms with van der Waals surface area (Å²) in [4.78, 5) is 11.7. The van der Waals surface area contributed by atoms with Gasteiger partial charge in [0.2, 0.25) is 11.1 Å². The fourth-order valence-corrected chi connectivity index (χ4v) is 2.55. The van der Waals surface area contributed by atoms with Crippen molar-refractivity contribution < 1.29 is 4.79 Å². The van der Waals surface area contributed by atoms with Crippen LogP contribution in [0.5, 0.6) is 0 Å². The smallest absolute Gasteiger partial charge is 0.230 e. The van der Waals surface area contributed by atoms with Gasteiger partial charge >= 0.3 is 0 Å². The highest BCUT2D eigenvalue weighted by atomic mass is 32.2. The molecule has 0 saturated heterocycles. The molecule has 1 aromatic carbocycles. The highest BCUT2D eigenvalue weighted by molar-refractivity contribution is 7.99. The topological polar surface area (TPSA) is 85.8 Å². The Hall–Kier alpha value is -2.02. The third kappa shape index (κ3) is 4.24. The zero-order valence-electron chi connectivity index (χ0n) is 12.9. The number of thioether (sulfide) groups is 1. The van der Waals surface area contributed by atoms with Crippen LogP contribution in [0, 0.1) is 6.92 Å². The second kappa shape index (κ2) is 7.84. The molecule has 118 valence electrons. The van der Waals surface area contributed by atoms with E-state index in [4.69, 9.17) is 5.84 Å². The predicted molar refractivity (Wildman–Crippen MR) is 89.0 cm³/mol. The fraction of sp³-hybridized carbons (Fsp3) is 0.400. The van der Waals surface area contributed by atoms with Gasteiger partial charge < -0.3 is 11.2 Å². The minimum Gasteiger partial charge on any atom is -0.355 e. The molecule has 0 saturated carbocycles. The molecular weight excluding hydrogens is 298 g/mol. The number of nitrogens with zero attached hydrogens (tertiary/aromatic N) is 3. The van der Waals surface area contributed by atoms with Gasteiger partial charge in [0.05, 0.1) is 5.75 Å². The largest absolute Gasteiger partial charge is 0.355 e. The summed E-state index contributed by atoms with van der Waals surface area (Å²) >= 11 is 1.28. The first kappa shape index (κ1) is 16.4. The van der Waals surface area contributed by atoms with Gasteiger partial charge in [-0.15, -0.1) is 10.2 Å². The van der Waals surface area contributed by atoms with E-state index in [9.17, 15) is 4.79 Å². The van der Waals surface area contributed by atoms with Gasteiger partial charge in [0.25, 0.3) is 0 Å². The van der Waals surface area contributed by atoms with Crippen LogP contribution in [-0.2, 0) is 4.79 Å². The first-order valence-electron chi connectivity index (χ1n) is 7.29. The van der Waals surface area contributed by atoms with Crippen molar-refractivity contribution in [3.05, 3.63) is 29.8 Å². The van der Waals surface area contributed by atoms with E-state index < -0.39 is 0 Å². The molecule has 0 unspecified atom stereocenters. The first-order chi connectivity index (χ1) is 10.6. The molecule has 0 spiro atoms. The van der Waals surface area contributed by atoms with Crippen molar-refractivity contribution in [1.82, 2.24) is 20.2 Å². The molecule has 2 rings (SSSR count). The van der Waals surface area contributed by atoms with E-state index in [1.54, 1.807) is 0 Å². The van der Waals surface area contributed by atoms with Crippen LogP contribution in [0.25, 0.3) is 11.4 Å². The Bertz CT molecular complexity index is 623. The molecule has 1 heterocycles. The lowest BCUT2D eigenvalue weighted by molar-refractivity contribution is -0.118. The van der Waals surface area contributed by atoms with Crippen molar-refractivity contribution in [2.75, 3.05) is 18.1 Å². The van der Waals surface area contributed by atoms with E-state index in [2.05, 4.69) is 22.4 Å². The Morgan fingerprint density at radius 2 is 2.05 bits per heavy atom. The van der Waals surface area contributed by atoms with Gasteiger partial charge in [0.1, 0.15) is 0 Å². The third-order valence-corrected chi connectivity index (χ3v) is 4.10. The zero-order chi connectivity index (χ0) is 15.9. The van der Waals surface area contributed by atoms with Gasteiger partial charge in [-0.3, -0.25) is 4.79 Å². The molecule has 1 aromatic heterocycles. The number of carbonyl (C=O) groups excluding carboxylic acids is 1. The molecule has 0 aliphatic heterocycles. The second-order valence-corrected chi connectivity index (χ2v) is 5.98. The van der Waals surface area contributed by atoms with Gasteiger partial charge in [-0.2, -0.15) is 0 Å². The maximum absolute atomic E-state index is 11.7. The molecule has 0 bridgehead atoms. The Morgan fingerprint density at radius 1 is 1.32 bits per heavy atom. The molecule has 0 aliphatic carbocycles. The summed E-state index contributed by atoms with van der Waals surface area (Å²) in [6.07, 6.45) is 2.05. The molecule has 7 heteroatoms. The lowest BCUT2D eigenvalue weighted by atomic mass is 10.1. The molecular formula is C15H21N5OS. The summed E-state index contributed by atoms with van der Waals surface area (Å²) < 4.78 is 1.43. The van der Waals surface area contributed by atoms with Crippen LogP contribution in [0.3, 0.4) is 0 Å². The van der Waals surface area contributed by atoms with Crippen LogP contribution in [-0.4, -0.2) is 33.1 Å². The van der Waals surface area contributed by atoms with Crippen molar-refractivity contribution in [3.8, 4) is 11.4 Å². The molecule has 3 N–H and O–H groups in total. The highest BCUT2D eigenvalue weighted by Gasteiger charge is 2.13. The molecule has 0 atom stereocenters. The molecule has 6 nitrogen and oxygen atoms in total. The Kier molecular flexibility index (Phi) is 5.83. The molecule has 0 aliphatic rings. The number of nitrogens with one attached hydrogen (secondary N) is 1. The number of amides is 1. The average Bonchev–Trinajstić information content (AvgIpc) is 2.87. The van der Waals surface area contributed by atoms with E-state index >= 15 is 0 Å². The van der Waals surface area contributed by atoms with Gasteiger partial charge in [0, 0.05) is 12.1 Å². The normalized spacial score (nSPS) is 10.6. The van der Waals surface area contributed by atoms with Crippen molar-refractivity contribution in [2.24, 2.45) is 0 Å². The van der Waals surface area contributed by atoms with E-state index in [-0.39, 0.29) is 11.7 Å². The first-order valence-corrected chi connectivity index (χ1v) is 8.27. The summed E-state index contributed by atoms with van der Waals surface area (Å²) in [6, 6.07) is 7.90. The summed E-state index contributed by atoms with van der Waals surface area (Å²) in [5, 5.41) is 11.5. The molecule has 0 radical (unpaired) electrons. The molecule has 22 heavy (non-hydrogen) atoms. The van der Waals surface area contributed by atoms with Gasteiger partial charge in [-0.05, 0) is 13.3 Å². The van der Waals surface area contributed by atoms with Gasteiger partial charge in [0.15, 0.2) is 5.82 Å². The maximum Gasteiger partial charge on any atom is 0.230 e. The molecule has 1 amide bonds. The SMILES string of the molecule is CCCCNC(=O)CSc1nnc(-c2ccc(C)cc2)n1N. The number of nitrogens with two attached hydrogens (primary N) is 1. The number of hydrogen-bond donors (Lipinski definition) is 2. The number of aromatic nitrogens is 3. The van der Waals surface area contributed by atoms with Crippen molar-refractivity contribution in [3.63, 3.8) is 0 Å². The summed E-state index contributed by atoms with van der Waals surface area (Å²) in [5.41, 5.74) is 2.07. The van der Waals surface area contributed by atoms with Crippen molar-refractivity contribution >= 4 is 17.7 Å². The van der Waals surface area contributed by atoms with Crippen LogP contribution < -0.4 is 11.2 Å². The number of aryl methyl sites for hydroxylation is 1. The number of rotatable bonds is 7.